The summed E-state index contributed by atoms with van der Waals surface area (Å²) >= 11 is 0. The maximum Gasteiger partial charge on any atom is 0.150 e. The summed E-state index contributed by atoms with van der Waals surface area (Å²) in [5.74, 6) is 1.94. The first-order valence-electron chi connectivity index (χ1n) is 7.33. The number of benzene rings is 2. The average Bonchev–Trinajstić information content (AvgIpc) is 2.83. The zero-order valence-corrected chi connectivity index (χ0v) is 13.0. The van der Waals surface area contributed by atoms with Crippen LogP contribution < -0.4 is 4.74 Å². The SMILES string of the molecule is COc1ccc2cc(CCC3CCS(=O)(=O)C3)ccc2c1. The molecular weight excluding hydrogens is 284 g/mol. The molecule has 0 saturated carbocycles. The van der Waals surface area contributed by atoms with Crippen LogP contribution in [0.2, 0.25) is 0 Å². The highest BCUT2D eigenvalue weighted by Gasteiger charge is 2.27. The van der Waals surface area contributed by atoms with E-state index in [9.17, 15) is 8.42 Å². The van der Waals surface area contributed by atoms with Gasteiger partial charge in [-0.25, -0.2) is 8.42 Å². The van der Waals surface area contributed by atoms with Crippen LogP contribution >= 0.6 is 0 Å². The molecule has 1 fully saturated rings. The lowest BCUT2D eigenvalue weighted by molar-refractivity contribution is 0.415. The third kappa shape index (κ3) is 3.38. The highest BCUT2D eigenvalue weighted by atomic mass is 32.2. The van der Waals surface area contributed by atoms with Crippen molar-refractivity contribution in [3.8, 4) is 5.75 Å². The molecule has 1 heterocycles. The number of sulfone groups is 1. The molecule has 1 aliphatic rings. The minimum Gasteiger partial charge on any atom is -0.497 e. The summed E-state index contributed by atoms with van der Waals surface area (Å²) < 4.78 is 28.2. The quantitative estimate of drug-likeness (QED) is 0.871. The molecule has 0 radical (unpaired) electrons. The molecular formula is C17H20O3S. The van der Waals surface area contributed by atoms with Crippen LogP contribution in [-0.2, 0) is 16.3 Å². The number of hydrogen-bond acceptors (Lipinski definition) is 3. The molecule has 4 heteroatoms. The van der Waals surface area contributed by atoms with Gasteiger partial charge >= 0.3 is 0 Å². The first-order chi connectivity index (χ1) is 10.1. The maximum absolute atomic E-state index is 11.5. The standard InChI is InChI=1S/C17H20O3S/c1-20-17-7-6-15-10-13(4-5-16(15)11-17)2-3-14-8-9-21(18,19)12-14/h4-7,10-11,14H,2-3,8-9,12H2,1H3. The fourth-order valence-corrected chi connectivity index (χ4v) is 4.94. The zero-order chi connectivity index (χ0) is 14.9. The number of hydrogen-bond donors (Lipinski definition) is 0. The minimum atomic E-state index is -2.76. The molecule has 112 valence electrons. The molecule has 1 atom stereocenters. The van der Waals surface area contributed by atoms with Gasteiger partial charge in [-0.2, -0.15) is 0 Å². The van der Waals surface area contributed by atoms with E-state index < -0.39 is 9.84 Å². The molecule has 3 nitrogen and oxygen atoms in total. The van der Waals surface area contributed by atoms with Crippen molar-refractivity contribution in [1.29, 1.82) is 0 Å². The fourth-order valence-electron chi connectivity index (χ4n) is 3.03. The monoisotopic (exact) mass is 304 g/mol. The largest absolute Gasteiger partial charge is 0.497 e. The number of methoxy groups -OCH3 is 1. The van der Waals surface area contributed by atoms with Gasteiger partial charge in [-0.05, 0) is 53.6 Å². The second-order valence-electron chi connectivity index (χ2n) is 5.86. The Morgan fingerprint density at radius 3 is 2.62 bits per heavy atom. The van der Waals surface area contributed by atoms with Crippen molar-refractivity contribution in [3.63, 3.8) is 0 Å². The van der Waals surface area contributed by atoms with E-state index in [2.05, 4.69) is 24.3 Å². The predicted molar refractivity (Wildman–Crippen MR) is 85.6 cm³/mol. The topological polar surface area (TPSA) is 43.4 Å². The molecule has 1 aliphatic heterocycles. The molecule has 1 saturated heterocycles. The number of rotatable bonds is 4. The van der Waals surface area contributed by atoms with Crippen molar-refractivity contribution in [2.75, 3.05) is 18.6 Å². The average molecular weight is 304 g/mol. The third-order valence-corrected chi connectivity index (χ3v) is 6.12. The molecule has 0 aliphatic carbocycles. The van der Waals surface area contributed by atoms with E-state index >= 15 is 0 Å². The van der Waals surface area contributed by atoms with Gasteiger partial charge < -0.3 is 4.74 Å². The van der Waals surface area contributed by atoms with Crippen LogP contribution in [0.4, 0.5) is 0 Å². The van der Waals surface area contributed by atoms with Gasteiger partial charge in [0.1, 0.15) is 5.75 Å². The smallest absolute Gasteiger partial charge is 0.150 e. The summed E-state index contributed by atoms with van der Waals surface area (Å²) in [6.07, 6.45) is 2.73. The summed E-state index contributed by atoms with van der Waals surface area (Å²) in [5.41, 5.74) is 1.27. The number of aryl methyl sites for hydroxylation is 1. The zero-order valence-electron chi connectivity index (χ0n) is 12.2. The van der Waals surface area contributed by atoms with E-state index in [1.807, 2.05) is 12.1 Å². The third-order valence-electron chi connectivity index (χ3n) is 4.28. The molecule has 0 N–H and O–H groups in total. The molecule has 2 aromatic carbocycles. The van der Waals surface area contributed by atoms with Crippen LogP contribution in [0.25, 0.3) is 10.8 Å². The van der Waals surface area contributed by atoms with Gasteiger partial charge in [-0.1, -0.05) is 24.3 Å². The Hall–Kier alpha value is -1.55. The van der Waals surface area contributed by atoms with Crippen LogP contribution in [0.5, 0.6) is 5.75 Å². The normalized spacial score (nSPS) is 20.7. The summed E-state index contributed by atoms with van der Waals surface area (Å²) in [4.78, 5) is 0. The summed E-state index contributed by atoms with van der Waals surface area (Å²) in [5, 5.41) is 2.37. The minimum absolute atomic E-state index is 0.335. The molecule has 3 rings (SSSR count). The highest BCUT2D eigenvalue weighted by Crippen LogP contribution is 2.25. The van der Waals surface area contributed by atoms with Crippen LogP contribution in [0.15, 0.2) is 36.4 Å². The Morgan fingerprint density at radius 1 is 1.14 bits per heavy atom. The van der Waals surface area contributed by atoms with Crippen molar-refractivity contribution in [1.82, 2.24) is 0 Å². The van der Waals surface area contributed by atoms with Crippen LogP contribution in [0.1, 0.15) is 18.4 Å². The van der Waals surface area contributed by atoms with Gasteiger partial charge in [0.25, 0.3) is 0 Å². The molecule has 2 aromatic rings. The van der Waals surface area contributed by atoms with Gasteiger partial charge in [0.05, 0.1) is 18.6 Å². The van der Waals surface area contributed by atoms with E-state index in [0.29, 0.717) is 17.4 Å². The van der Waals surface area contributed by atoms with Crippen LogP contribution in [0, 0.1) is 5.92 Å². The van der Waals surface area contributed by atoms with Crippen LogP contribution in [-0.4, -0.2) is 27.0 Å². The van der Waals surface area contributed by atoms with E-state index in [4.69, 9.17) is 4.74 Å². The van der Waals surface area contributed by atoms with Crippen molar-refractivity contribution < 1.29 is 13.2 Å². The lowest BCUT2D eigenvalue weighted by Crippen LogP contribution is -2.05. The molecule has 0 spiro atoms. The Bertz CT molecular complexity index is 750. The van der Waals surface area contributed by atoms with Crippen molar-refractivity contribution in [2.24, 2.45) is 5.92 Å². The predicted octanol–water partition coefficient (Wildman–Crippen LogP) is 3.22. The Balaban J connectivity index is 1.70. The Kier molecular flexibility index (Phi) is 3.89. The number of fused-ring (bicyclic) bond motifs is 1. The molecule has 1 unspecified atom stereocenters. The molecule has 0 amide bonds. The maximum atomic E-state index is 11.5. The molecule has 0 aromatic heterocycles. The summed E-state index contributed by atoms with van der Waals surface area (Å²) in [7, 11) is -1.08. The van der Waals surface area contributed by atoms with Crippen molar-refractivity contribution >= 4 is 20.6 Å². The second kappa shape index (κ2) is 5.68. The fraction of sp³-hybridized carbons (Fsp3) is 0.412. The van der Waals surface area contributed by atoms with Gasteiger partial charge in [0.2, 0.25) is 0 Å². The first kappa shape index (κ1) is 14.4. The molecule has 0 bridgehead atoms. The van der Waals surface area contributed by atoms with Gasteiger partial charge in [0.15, 0.2) is 9.84 Å². The van der Waals surface area contributed by atoms with Gasteiger partial charge in [-0.3, -0.25) is 0 Å². The van der Waals surface area contributed by atoms with E-state index in [-0.39, 0.29) is 0 Å². The van der Waals surface area contributed by atoms with Crippen molar-refractivity contribution in [3.05, 3.63) is 42.0 Å². The van der Waals surface area contributed by atoms with E-state index in [0.717, 1.165) is 25.0 Å². The lowest BCUT2D eigenvalue weighted by atomic mass is 9.97. The van der Waals surface area contributed by atoms with E-state index in [1.165, 1.54) is 16.3 Å². The highest BCUT2D eigenvalue weighted by molar-refractivity contribution is 7.91. The lowest BCUT2D eigenvalue weighted by Gasteiger charge is -2.09. The second-order valence-corrected chi connectivity index (χ2v) is 8.08. The summed E-state index contributed by atoms with van der Waals surface area (Å²) in [6, 6.07) is 12.5. The first-order valence-corrected chi connectivity index (χ1v) is 9.15. The van der Waals surface area contributed by atoms with E-state index in [1.54, 1.807) is 7.11 Å². The Morgan fingerprint density at radius 2 is 1.90 bits per heavy atom. The summed E-state index contributed by atoms with van der Waals surface area (Å²) in [6.45, 7) is 0. The van der Waals surface area contributed by atoms with Gasteiger partial charge in [0, 0.05) is 0 Å². The Labute approximate surface area is 125 Å². The van der Waals surface area contributed by atoms with Crippen molar-refractivity contribution in [2.45, 2.75) is 19.3 Å². The number of ether oxygens (including phenoxy) is 1. The van der Waals surface area contributed by atoms with Gasteiger partial charge in [-0.15, -0.1) is 0 Å². The molecule has 21 heavy (non-hydrogen) atoms. The van der Waals surface area contributed by atoms with Crippen LogP contribution in [0.3, 0.4) is 0 Å².